The number of rotatable bonds is 5. The molecule has 0 fully saturated rings. The van der Waals surface area contributed by atoms with Gasteiger partial charge in [0.15, 0.2) is 0 Å². The topological polar surface area (TPSA) is 55.1 Å². The van der Waals surface area contributed by atoms with Crippen LogP contribution in [0.5, 0.6) is 0 Å². The minimum Gasteiger partial charge on any atom is -0.352 e. The van der Waals surface area contributed by atoms with Gasteiger partial charge in [0.1, 0.15) is 0 Å². The molecular weight excluding hydrogens is 305 g/mol. The van der Waals surface area contributed by atoms with Crippen LogP contribution in [0.4, 0.5) is 13.2 Å². The summed E-state index contributed by atoms with van der Waals surface area (Å²) < 4.78 is 38.1. The summed E-state index contributed by atoms with van der Waals surface area (Å²) in [5.74, 6) is -0.906. The van der Waals surface area contributed by atoms with Gasteiger partial charge in [-0.1, -0.05) is 25.1 Å². The summed E-state index contributed by atoms with van der Waals surface area (Å²) >= 11 is 0. The van der Waals surface area contributed by atoms with E-state index in [1.54, 1.807) is 13.8 Å². The maximum Gasteiger partial charge on any atom is 0.416 e. The summed E-state index contributed by atoms with van der Waals surface area (Å²) in [6, 6.07) is 4.68. The quantitative estimate of drug-likeness (QED) is 0.874. The highest BCUT2D eigenvalue weighted by Gasteiger charge is 2.31. The van der Waals surface area contributed by atoms with E-state index in [2.05, 4.69) is 5.32 Å². The highest BCUT2D eigenvalue weighted by atomic mass is 35.5. The Balaban J connectivity index is 0.00000400. The molecule has 1 aromatic rings. The van der Waals surface area contributed by atoms with Crippen LogP contribution in [-0.2, 0) is 11.0 Å². The van der Waals surface area contributed by atoms with E-state index in [4.69, 9.17) is 5.73 Å². The van der Waals surface area contributed by atoms with E-state index in [0.29, 0.717) is 12.0 Å². The monoisotopic (exact) mass is 324 g/mol. The van der Waals surface area contributed by atoms with Gasteiger partial charge in [0.25, 0.3) is 0 Å². The van der Waals surface area contributed by atoms with Crippen LogP contribution in [0.3, 0.4) is 0 Å². The molecule has 0 saturated carbocycles. The molecule has 2 atom stereocenters. The Labute approximate surface area is 128 Å². The zero-order chi connectivity index (χ0) is 15.3. The predicted octanol–water partition coefficient (Wildman–Crippen LogP) is 3.08. The largest absolute Gasteiger partial charge is 0.416 e. The predicted molar refractivity (Wildman–Crippen MR) is 78.4 cm³/mol. The molecule has 0 bridgehead atoms. The first-order chi connectivity index (χ1) is 9.29. The summed E-state index contributed by atoms with van der Waals surface area (Å²) in [6.45, 7) is 3.79. The lowest BCUT2D eigenvalue weighted by Crippen LogP contribution is -2.40. The molecule has 3 nitrogen and oxygen atoms in total. The number of carbonyl (C=O) groups excluding carboxylic acids is 1. The fraction of sp³-hybridized carbons (Fsp3) is 0.500. The van der Waals surface area contributed by atoms with Gasteiger partial charge in [-0.2, -0.15) is 13.2 Å². The lowest BCUT2D eigenvalue weighted by molar-refractivity contribution is -0.137. The van der Waals surface area contributed by atoms with Gasteiger partial charge in [-0.15, -0.1) is 12.4 Å². The molecule has 0 spiro atoms. The highest BCUT2D eigenvalue weighted by molar-refractivity contribution is 5.85. The van der Waals surface area contributed by atoms with Crippen LogP contribution < -0.4 is 11.1 Å². The number of hydrogen-bond donors (Lipinski definition) is 2. The van der Waals surface area contributed by atoms with E-state index >= 15 is 0 Å². The third-order valence-electron chi connectivity index (χ3n) is 3.08. The Hall–Kier alpha value is -1.27. The Kier molecular flexibility index (Phi) is 7.74. The number of hydrogen-bond acceptors (Lipinski definition) is 2. The lowest BCUT2D eigenvalue weighted by Gasteiger charge is -2.19. The van der Waals surface area contributed by atoms with Gasteiger partial charge >= 0.3 is 6.18 Å². The summed E-state index contributed by atoms with van der Waals surface area (Å²) in [4.78, 5) is 12.1. The smallest absolute Gasteiger partial charge is 0.352 e. The maximum atomic E-state index is 12.7. The Morgan fingerprint density at radius 3 is 2.48 bits per heavy atom. The third-order valence-corrected chi connectivity index (χ3v) is 3.08. The fourth-order valence-electron chi connectivity index (χ4n) is 1.91. The van der Waals surface area contributed by atoms with Crippen molar-refractivity contribution in [2.75, 3.05) is 6.54 Å². The Bertz CT molecular complexity index is 466. The van der Waals surface area contributed by atoms with E-state index in [1.807, 2.05) is 0 Å². The summed E-state index contributed by atoms with van der Waals surface area (Å²) in [5.41, 5.74) is 5.04. The van der Waals surface area contributed by atoms with Gasteiger partial charge in [-0.05, 0) is 25.0 Å². The molecule has 3 N–H and O–H groups in total. The average Bonchev–Trinajstić information content (AvgIpc) is 2.38. The first-order valence-corrected chi connectivity index (χ1v) is 6.47. The molecule has 1 aromatic carbocycles. The zero-order valence-corrected chi connectivity index (χ0v) is 12.7. The molecule has 0 aliphatic heterocycles. The van der Waals surface area contributed by atoms with Crippen LogP contribution in [0.1, 0.15) is 37.3 Å². The highest BCUT2D eigenvalue weighted by Crippen LogP contribution is 2.31. The van der Waals surface area contributed by atoms with Crippen LogP contribution in [-0.4, -0.2) is 18.5 Å². The second-order valence-electron chi connectivity index (χ2n) is 4.73. The molecule has 0 aliphatic carbocycles. The molecule has 7 heteroatoms. The van der Waals surface area contributed by atoms with Crippen molar-refractivity contribution in [1.82, 2.24) is 5.32 Å². The molecule has 1 rings (SSSR count). The zero-order valence-electron chi connectivity index (χ0n) is 11.9. The number of alkyl halides is 3. The molecule has 0 aliphatic rings. The average molecular weight is 325 g/mol. The molecule has 0 heterocycles. The van der Waals surface area contributed by atoms with Crippen molar-refractivity contribution < 1.29 is 18.0 Å². The summed E-state index contributed by atoms with van der Waals surface area (Å²) in [6.07, 6.45) is -3.99. The Morgan fingerprint density at radius 1 is 1.38 bits per heavy atom. The minimum absolute atomic E-state index is 0. The second-order valence-corrected chi connectivity index (χ2v) is 4.73. The van der Waals surface area contributed by atoms with Crippen molar-refractivity contribution >= 4 is 18.3 Å². The van der Waals surface area contributed by atoms with E-state index in [-0.39, 0.29) is 30.9 Å². The lowest BCUT2D eigenvalue weighted by atomic mass is 9.93. The maximum absolute atomic E-state index is 12.7. The standard InChI is InChI=1S/C14H19F3N2O.ClH/c1-3-12(13(20)19-9(2)8-18)10-5-4-6-11(7-10)14(15,16)17;/h4-7,9,12H,3,8,18H2,1-2H3,(H,19,20);1H/t9-,12?;/m0./s1. The molecular formula is C14H20ClF3N2O. The number of benzene rings is 1. The van der Waals surface area contributed by atoms with Crippen LogP contribution in [0.2, 0.25) is 0 Å². The number of halogens is 4. The minimum atomic E-state index is -4.41. The molecule has 1 unspecified atom stereocenters. The number of amides is 1. The van der Waals surface area contributed by atoms with Crippen LogP contribution in [0, 0.1) is 0 Å². The fourth-order valence-corrected chi connectivity index (χ4v) is 1.91. The van der Waals surface area contributed by atoms with Crippen molar-refractivity contribution in [3.05, 3.63) is 35.4 Å². The van der Waals surface area contributed by atoms with Gasteiger partial charge in [0, 0.05) is 12.6 Å². The molecule has 1 amide bonds. The van der Waals surface area contributed by atoms with Gasteiger partial charge in [-0.25, -0.2) is 0 Å². The number of nitrogens with two attached hydrogens (primary N) is 1. The van der Waals surface area contributed by atoms with Crippen molar-refractivity contribution in [2.24, 2.45) is 5.73 Å². The molecule has 0 saturated heterocycles. The number of carbonyl (C=O) groups is 1. The van der Waals surface area contributed by atoms with E-state index < -0.39 is 17.7 Å². The third kappa shape index (κ3) is 5.55. The van der Waals surface area contributed by atoms with E-state index in [1.165, 1.54) is 12.1 Å². The SMILES string of the molecule is CCC(C(=O)N[C@@H](C)CN)c1cccc(C(F)(F)F)c1.Cl. The van der Waals surface area contributed by atoms with E-state index in [9.17, 15) is 18.0 Å². The summed E-state index contributed by atoms with van der Waals surface area (Å²) in [5, 5.41) is 2.69. The first-order valence-electron chi connectivity index (χ1n) is 6.47. The van der Waals surface area contributed by atoms with Gasteiger partial charge in [0.05, 0.1) is 11.5 Å². The van der Waals surface area contributed by atoms with Crippen LogP contribution in [0.15, 0.2) is 24.3 Å². The molecule has 120 valence electrons. The van der Waals surface area contributed by atoms with Crippen molar-refractivity contribution in [1.29, 1.82) is 0 Å². The van der Waals surface area contributed by atoms with Gasteiger partial charge < -0.3 is 11.1 Å². The van der Waals surface area contributed by atoms with Crippen LogP contribution in [0.25, 0.3) is 0 Å². The first kappa shape index (κ1) is 19.7. The number of nitrogens with one attached hydrogen (secondary N) is 1. The molecule has 21 heavy (non-hydrogen) atoms. The second kappa shape index (κ2) is 8.24. The van der Waals surface area contributed by atoms with Gasteiger partial charge in [0.2, 0.25) is 5.91 Å². The van der Waals surface area contributed by atoms with E-state index in [0.717, 1.165) is 12.1 Å². The normalized spacial score (nSPS) is 14.0. The molecule has 0 aromatic heterocycles. The van der Waals surface area contributed by atoms with Crippen molar-refractivity contribution in [2.45, 2.75) is 38.4 Å². The van der Waals surface area contributed by atoms with Crippen molar-refractivity contribution in [3.63, 3.8) is 0 Å². The Morgan fingerprint density at radius 2 is 2.00 bits per heavy atom. The van der Waals surface area contributed by atoms with Crippen molar-refractivity contribution in [3.8, 4) is 0 Å². The summed E-state index contributed by atoms with van der Waals surface area (Å²) in [7, 11) is 0. The van der Waals surface area contributed by atoms with Crippen LogP contribution >= 0.6 is 12.4 Å². The molecule has 0 radical (unpaired) electrons. The van der Waals surface area contributed by atoms with Gasteiger partial charge in [-0.3, -0.25) is 4.79 Å².